The van der Waals surface area contributed by atoms with Crippen LogP contribution in [-0.4, -0.2) is 19.3 Å². The Morgan fingerprint density at radius 2 is 2.04 bits per heavy atom. The summed E-state index contributed by atoms with van der Waals surface area (Å²) in [6.45, 7) is 0.316. The molecule has 0 amide bonds. The Bertz CT molecular complexity index is 777. The van der Waals surface area contributed by atoms with Crippen LogP contribution < -0.4 is 20.9 Å². The molecule has 0 heterocycles. The van der Waals surface area contributed by atoms with Gasteiger partial charge in [-0.3, -0.25) is 0 Å². The molecule has 0 saturated carbocycles. The summed E-state index contributed by atoms with van der Waals surface area (Å²) in [7, 11) is 1.56. The standard InChI is InChI=1S/C16H16BrClN4O2/c1-23-14-7-10(8-21-22-16(19)20)6-12(17)15(14)24-9-11-4-2-3-5-13(11)18/h2-8H,9H2,1H3,(H4,19,20,22)/b21-8-. The van der Waals surface area contributed by atoms with E-state index in [0.717, 1.165) is 11.1 Å². The summed E-state index contributed by atoms with van der Waals surface area (Å²) >= 11 is 9.61. The van der Waals surface area contributed by atoms with Crippen molar-refractivity contribution in [2.45, 2.75) is 6.61 Å². The van der Waals surface area contributed by atoms with Gasteiger partial charge in [0.25, 0.3) is 0 Å². The van der Waals surface area contributed by atoms with E-state index in [1.165, 1.54) is 6.21 Å². The molecule has 4 N–H and O–H groups in total. The molecule has 0 unspecified atom stereocenters. The molecular weight excluding hydrogens is 396 g/mol. The molecule has 0 aliphatic rings. The third-order valence-electron chi connectivity index (χ3n) is 2.96. The fourth-order valence-electron chi connectivity index (χ4n) is 1.88. The van der Waals surface area contributed by atoms with Crippen LogP contribution in [0.25, 0.3) is 0 Å². The Morgan fingerprint density at radius 1 is 1.29 bits per heavy atom. The van der Waals surface area contributed by atoms with Crippen molar-refractivity contribution in [3.8, 4) is 11.5 Å². The molecule has 0 fully saturated rings. The third kappa shape index (κ3) is 4.87. The van der Waals surface area contributed by atoms with Crippen LogP contribution in [0, 0.1) is 0 Å². The molecule has 2 aromatic carbocycles. The number of hydrogen-bond acceptors (Lipinski definition) is 4. The number of benzene rings is 2. The minimum atomic E-state index is -0.114. The minimum absolute atomic E-state index is 0.114. The summed E-state index contributed by atoms with van der Waals surface area (Å²) in [5, 5.41) is 7.97. The van der Waals surface area contributed by atoms with Crippen LogP contribution in [0.15, 0.2) is 51.1 Å². The SMILES string of the molecule is COc1cc(/C=N\N=C(N)N)cc(Br)c1OCc1ccccc1Cl. The lowest BCUT2D eigenvalue weighted by molar-refractivity contribution is 0.282. The Hall–Kier alpha value is -2.25. The van der Waals surface area contributed by atoms with Crippen LogP contribution in [-0.2, 0) is 6.61 Å². The van der Waals surface area contributed by atoms with Gasteiger partial charge in [-0.25, -0.2) is 0 Å². The van der Waals surface area contributed by atoms with Crippen molar-refractivity contribution >= 4 is 39.7 Å². The highest BCUT2D eigenvalue weighted by atomic mass is 79.9. The van der Waals surface area contributed by atoms with Gasteiger partial charge in [-0.2, -0.15) is 5.10 Å². The molecule has 24 heavy (non-hydrogen) atoms. The Kier molecular flexibility index (Phi) is 6.45. The van der Waals surface area contributed by atoms with E-state index < -0.39 is 0 Å². The zero-order chi connectivity index (χ0) is 17.5. The van der Waals surface area contributed by atoms with Crippen LogP contribution in [0.1, 0.15) is 11.1 Å². The number of guanidine groups is 1. The lowest BCUT2D eigenvalue weighted by Crippen LogP contribution is -2.21. The van der Waals surface area contributed by atoms with Crippen LogP contribution in [0.5, 0.6) is 11.5 Å². The van der Waals surface area contributed by atoms with Gasteiger partial charge < -0.3 is 20.9 Å². The lowest BCUT2D eigenvalue weighted by atomic mass is 10.2. The third-order valence-corrected chi connectivity index (χ3v) is 3.92. The van der Waals surface area contributed by atoms with E-state index in [4.69, 9.17) is 32.5 Å². The van der Waals surface area contributed by atoms with Gasteiger partial charge >= 0.3 is 0 Å². The van der Waals surface area contributed by atoms with Gasteiger partial charge in [-0.15, -0.1) is 5.10 Å². The topological polar surface area (TPSA) is 95.2 Å². The van der Waals surface area contributed by atoms with Gasteiger partial charge in [-0.1, -0.05) is 29.8 Å². The second-order valence-electron chi connectivity index (χ2n) is 4.68. The number of ether oxygens (including phenoxy) is 2. The smallest absolute Gasteiger partial charge is 0.211 e. The van der Waals surface area contributed by atoms with Crippen molar-refractivity contribution in [1.29, 1.82) is 0 Å². The second-order valence-corrected chi connectivity index (χ2v) is 5.95. The largest absolute Gasteiger partial charge is 0.493 e. The first kappa shape index (κ1) is 18.1. The molecule has 8 heteroatoms. The highest BCUT2D eigenvalue weighted by Gasteiger charge is 2.12. The molecule has 0 aliphatic carbocycles. The average Bonchev–Trinajstić information content (AvgIpc) is 2.54. The zero-order valence-electron chi connectivity index (χ0n) is 12.9. The Balaban J connectivity index is 2.22. The highest BCUT2D eigenvalue weighted by Crippen LogP contribution is 2.37. The van der Waals surface area contributed by atoms with Crippen LogP contribution >= 0.6 is 27.5 Å². The first-order valence-corrected chi connectivity index (χ1v) is 8.04. The number of nitrogens with two attached hydrogens (primary N) is 2. The summed E-state index contributed by atoms with van der Waals surface area (Å²) in [6.07, 6.45) is 1.50. The predicted octanol–water partition coefficient (Wildman–Crippen LogP) is 3.30. The minimum Gasteiger partial charge on any atom is -0.493 e. The number of rotatable bonds is 6. The van der Waals surface area contributed by atoms with Crippen molar-refractivity contribution in [2.24, 2.45) is 21.7 Å². The molecule has 0 atom stereocenters. The van der Waals surface area contributed by atoms with Gasteiger partial charge in [-0.05, 0) is 39.7 Å². The van der Waals surface area contributed by atoms with E-state index in [1.807, 2.05) is 30.3 Å². The van der Waals surface area contributed by atoms with Crippen molar-refractivity contribution in [3.05, 3.63) is 57.0 Å². The summed E-state index contributed by atoms with van der Waals surface area (Å²) in [5.74, 6) is 0.996. The molecule has 6 nitrogen and oxygen atoms in total. The number of hydrogen-bond donors (Lipinski definition) is 2. The van der Waals surface area contributed by atoms with Crippen molar-refractivity contribution < 1.29 is 9.47 Å². The molecular formula is C16H16BrClN4O2. The molecule has 2 rings (SSSR count). The molecule has 0 aliphatic heterocycles. The number of halogens is 2. The fourth-order valence-corrected chi connectivity index (χ4v) is 2.65. The first-order valence-electron chi connectivity index (χ1n) is 6.87. The van der Waals surface area contributed by atoms with Gasteiger partial charge in [0.1, 0.15) is 6.61 Å². The summed E-state index contributed by atoms with van der Waals surface area (Å²) < 4.78 is 11.9. The maximum Gasteiger partial charge on any atom is 0.211 e. The molecule has 0 saturated heterocycles. The van der Waals surface area contributed by atoms with E-state index in [0.29, 0.717) is 27.6 Å². The summed E-state index contributed by atoms with van der Waals surface area (Å²) in [5.41, 5.74) is 12.1. The quantitative estimate of drug-likeness (QED) is 0.433. The molecule has 2 aromatic rings. The van der Waals surface area contributed by atoms with E-state index in [9.17, 15) is 0 Å². The van der Waals surface area contributed by atoms with Crippen LogP contribution in [0.4, 0.5) is 0 Å². The Morgan fingerprint density at radius 3 is 2.71 bits per heavy atom. The van der Waals surface area contributed by atoms with Gasteiger partial charge in [0.2, 0.25) is 5.96 Å². The van der Waals surface area contributed by atoms with E-state index >= 15 is 0 Å². The number of methoxy groups -OCH3 is 1. The monoisotopic (exact) mass is 410 g/mol. The van der Waals surface area contributed by atoms with E-state index in [-0.39, 0.29) is 5.96 Å². The average molecular weight is 412 g/mol. The van der Waals surface area contributed by atoms with Gasteiger partial charge in [0, 0.05) is 10.6 Å². The molecule has 0 spiro atoms. The molecule has 0 bridgehead atoms. The van der Waals surface area contributed by atoms with Crippen LogP contribution in [0.3, 0.4) is 0 Å². The number of nitrogens with zero attached hydrogens (tertiary/aromatic N) is 2. The van der Waals surface area contributed by atoms with Crippen LogP contribution in [0.2, 0.25) is 5.02 Å². The maximum atomic E-state index is 6.14. The first-order chi connectivity index (χ1) is 11.5. The Labute approximate surface area is 153 Å². The van der Waals surface area contributed by atoms with Gasteiger partial charge in [0.15, 0.2) is 11.5 Å². The molecule has 0 radical (unpaired) electrons. The highest BCUT2D eigenvalue weighted by molar-refractivity contribution is 9.10. The van der Waals surface area contributed by atoms with E-state index in [1.54, 1.807) is 13.2 Å². The predicted molar refractivity (Wildman–Crippen MR) is 99.9 cm³/mol. The lowest BCUT2D eigenvalue weighted by Gasteiger charge is -2.14. The second kappa shape index (κ2) is 8.56. The van der Waals surface area contributed by atoms with Crippen molar-refractivity contribution in [1.82, 2.24) is 0 Å². The summed E-state index contributed by atoms with van der Waals surface area (Å²) in [4.78, 5) is 0. The van der Waals surface area contributed by atoms with Gasteiger partial charge in [0.05, 0.1) is 17.8 Å². The summed E-state index contributed by atoms with van der Waals surface area (Å²) in [6, 6.07) is 11.1. The zero-order valence-corrected chi connectivity index (χ0v) is 15.2. The van der Waals surface area contributed by atoms with Crippen molar-refractivity contribution in [2.75, 3.05) is 7.11 Å². The fraction of sp³-hybridized carbons (Fsp3) is 0.125. The maximum absolute atomic E-state index is 6.14. The normalized spacial score (nSPS) is 10.6. The molecule has 126 valence electrons. The van der Waals surface area contributed by atoms with E-state index in [2.05, 4.69) is 26.1 Å². The molecule has 0 aromatic heterocycles. The van der Waals surface area contributed by atoms with Crippen molar-refractivity contribution in [3.63, 3.8) is 0 Å².